The molecule has 1 amide bonds. The average molecular weight is 334 g/mol. The number of likely N-dealkylation sites (tertiary alicyclic amines) is 1. The molecule has 1 aromatic heterocycles. The van der Waals surface area contributed by atoms with Crippen LogP contribution in [0, 0.1) is 18.3 Å². The van der Waals surface area contributed by atoms with Gasteiger partial charge in [-0.1, -0.05) is 19.8 Å². The van der Waals surface area contributed by atoms with Gasteiger partial charge in [-0.25, -0.2) is 4.79 Å². The molecule has 24 heavy (non-hydrogen) atoms. The lowest BCUT2D eigenvalue weighted by Crippen LogP contribution is -2.44. The lowest BCUT2D eigenvalue weighted by Gasteiger charge is -2.28. The third-order valence-corrected chi connectivity index (χ3v) is 4.06. The minimum atomic E-state index is -0.550. The fourth-order valence-electron chi connectivity index (χ4n) is 2.93. The molecule has 0 radical (unpaired) electrons. The van der Waals surface area contributed by atoms with E-state index in [0.717, 1.165) is 6.42 Å². The summed E-state index contributed by atoms with van der Waals surface area (Å²) >= 11 is 0. The molecule has 1 aliphatic heterocycles. The van der Waals surface area contributed by atoms with E-state index < -0.39 is 12.0 Å². The van der Waals surface area contributed by atoms with Crippen LogP contribution in [-0.2, 0) is 14.3 Å². The van der Waals surface area contributed by atoms with Gasteiger partial charge >= 0.3 is 5.97 Å². The predicted octanol–water partition coefficient (Wildman–Crippen LogP) is 1.59. The Morgan fingerprint density at radius 3 is 2.92 bits per heavy atom. The van der Waals surface area contributed by atoms with E-state index in [4.69, 9.17) is 20.4 Å². The average Bonchev–Trinajstić information content (AvgIpc) is 3.21. The van der Waals surface area contributed by atoms with Crippen molar-refractivity contribution in [2.24, 2.45) is 5.92 Å². The Bertz CT molecular complexity index is 631. The van der Waals surface area contributed by atoms with Crippen LogP contribution in [-0.4, -0.2) is 48.2 Å². The summed E-state index contributed by atoms with van der Waals surface area (Å²) in [5, 5.41) is 3.78. The van der Waals surface area contributed by atoms with E-state index in [2.05, 4.69) is 11.1 Å². The molecule has 1 aromatic rings. The quantitative estimate of drug-likeness (QED) is 0.580. The maximum Gasteiger partial charge on any atom is 0.328 e. The first kappa shape index (κ1) is 17.9. The van der Waals surface area contributed by atoms with Crippen LogP contribution >= 0.6 is 0 Å². The number of hydrogen-bond acceptors (Lipinski definition) is 6. The second-order valence-electron chi connectivity index (χ2n) is 5.99. The zero-order chi connectivity index (χ0) is 17.7. The monoisotopic (exact) mass is 334 g/mol. The summed E-state index contributed by atoms with van der Waals surface area (Å²) in [6.07, 6.45) is 6.52. The highest BCUT2D eigenvalue weighted by atomic mass is 16.5. The summed E-state index contributed by atoms with van der Waals surface area (Å²) in [6, 6.07) is 1.03. The van der Waals surface area contributed by atoms with Gasteiger partial charge in [0.05, 0.1) is 7.11 Å². The summed E-state index contributed by atoms with van der Waals surface area (Å²) in [6.45, 7) is 4.42. The van der Waals surface area contributed by atoms with Crippen molar-refractivity contribution in [2.45, 2.75) is 38.6 Å². The number of amides is 1. The van der Waals surface area contributed by atoms with Gasteiger partial charge in [-0.15, -0.1) is 6.42 Å². The number of methoxy groups -OCH3 is 1. The fraction of sp³-hybridized carbons (Fsp3) is 0.588. The molecule has 1 fully saturated rings. The van der Waals surface area contributed by atoms with Crippen LogP contribution in [0.2, 0.25) is 0 Å². The minimum Gasteiger partial charge on any atom is -0.467 e. The number of esters is 1. The molecule has 7 heteroatoms. The first-order valence-electron chi connectivity index (χ1n) is 7.90. The van der Waals surface area contributed by atoms with Crippen molar-refractivity contribution >= 4 is 11.9 Å². The molecule has 130 valence electrons. The van der Waals surface area contributed by atoms with Crippen LogP contribution in [0.4, 0.5) is 0 Å². The van der Waals surface area contributed by atoms with Crippen LogP contribution in [0.25, 0.3) is 0 Å². The largest absolute Gasteiger partial charge is 0.467 e. The van der Waals surface area contributed by atoms with Gasteiger partial charge in [0.2, 0.25) is 5.91 Å². The van der Waals surface area contributed by atoms with Gasteiger partial charge in [0.1, 0.15) is 12.0 Å². The first-order valence-corrected chi connectivity index (χ1v) is 7.90. The normalized spacial score (nSPS) is 18.3. The lowest BCUT2D eigenvalue weighted by molar-refractivity contribution is -0.152. The van der Waals surface area contributed by atoms with Crippen molar-refractivity contribution < 1.29 is 23.6 Å². The molecule has 2 atom stereocenters. The molecule has 0 bridgehead atoms. The molecular weight excluding hydrogens is 312 g/mol. The van der Waals surface area contributed by atoms with E-state index in [1.165, 1.54) is 7.11 Å². The van der Waals surface area contributed by atoms with Gasteiger partial charge in [0.25, 0.3) is 5.88 Å². The number of terminal acetylenes is 1. The van der Waals surface area contributed by atoms with Crippen molar-refractivity contribution in [3.05, 3.63) is 11.8 Å². The number of aromatic nitrogens is 1. The first-order chi connectivity index (χ1) is 11.5. The van der Waals surface area contributed by atoms with E-state index in [9.17, 15) is 9.59 Å². The lowest BCUT2D eigenvalue weighted by atomic mass is 9.91. The van der Waals surface area contributed by atoms with Gasteiger partial charge < -0.3 is 18.9 Å². The topological polar surface area (TPSA) is 81.9 Å². The van der Waals surface area contributed by atoms with Crippen LogP contribution in [0.5, 0.6) is 5.88 Å². The van der Waals surface area contributed by atoms with Crippen molar-refractivity contribution in [1.29, 1.82) is 0 Å². The van der Waals surface area contributed by atoms with E-state index in [0.29, 0.717) is 18.7 Å². The van der Waals surface area contributed by atoms with E-state index in [-0.39, 0.29) is 30.3 Å². The number of rotatable bonds is 6. The fourth-order valence-corrected chi connectivity index (χ4v) is 2.93. The minimum absolute atomic E-state index is 0.0372. The van der Waals surface area contributed by atoms with Gasteiger partial charge in [-0.3, -0.25) is 4.79 Å². The highest BCUT2D eigenvalue weighted by Crippen LogP contribution is 2.32. The molecular formula is C17H22N2O5. The standard InChI is InChI=1S/C17H22N2O5/c1-5-9-23-14-10-13(24-18-14)15(11(2)3)16(20)19-8-6-7-12(19)17(21)22-4/h1,10-12,15H,6-9H2,2-4H3. The second-order valence-corrected chi connectivity index (χ2v) is 5.99. The molecule has 1 saturated heterocycles. The van der Waals surface area contributed by atoms with Crippen molar-refractivity contribution in [3.63, 3.8) is 0 Å². The number of ether oxygens (including phenoxy) is 2. The Hall–Kier alpha value is -2.49. The van der Waals surface area contributed by atoms with Crippen LogP contribution in [0.15, 0.2) is 10.6 Å². The van der Waals surface area contributed by atoms with Gasteiger partial charge in [-0.2, -0.15) is 0 Å². The van der Waals surface area contributed by atoms with E-state index in [1.54, 1.807) is 11.0 Å². The predicted molar refractivity (Wildman–Crippen MR) is 85.2 cm³/mol. The molecule has 0 spiro atoms. The molecule has 0 saturated carbocycles. The summed E-state index contributed by atoms with van der Waals surface area (Å²) in [5.74, 6) is 1.84. The number of carbonyl (C=O) groups excluding carboxylic acids is 2. The van der Waals surface area contributed by atoms with Crippen LogP contribution in [0.1, 0.15) is 38.4 Å². The second kappa shape index (κ2) is 7.86. The summed E-state index contributed by atoms with van der Waals surface area (Å²) in [4.78, 5) is 26.5. The molecule has 1 aliphatic rings. The van der Waals surface area contributed by atoms with Crippen molar-refractivity contribution in [3.8, 4) is 18.2 Å². The molecule has 0 aliphatic carbocycles. The van der Waals surface area contributed by atoms with Gasteiger partial charge in [-0.05, 0) is 23.9 Å². The number of hydrogen-bond donors (Lipinski definition) is 0. The number of nitrogens with zero attached hydrogens (tertiary/aromatic N) is 2. The zero-order valence-corrected chi connectivity index (χ0v) is 14.2. The maximum absolute atomic E-state index is 13.0. The highest BCUT2D eigenvalue weighted by Gasteiger charge is 2.40. The zero-order valence-electron chi connectivity index (χ0n) is 14.2. The Morgan fingerprint density at radius 2 is 2.29 bits per heavy atom. The Labute approximate surface area is 141 Å². The Balaban J connectivity index is 2.20. The summed E-state index contributed by atoms with van der Waals surface area (Å²) < 4.78 is 15.3. The van der Waals surface area contributed by atoms with Gasteiger partial charge in [0.15, 0.2) is 12.4 Å². The number of carbonyl (C=O) groups is 2. The maximum atomic E-state index is 13.0. The van der Waals surface area contributed by atoms with E-state index >= 15 is 0 Å². The molecule has 0 aromatic carbocycles. The molecule has 2 rings (SSSR count). The highest BCUT2D eigenvalue weighted by molar-refractivity contribution is 5.89. The van der Waals surface area contributed by atoms with E-state index in [1.807, 2.05) is 13.8 Å². The molecule has 2 heterocycles. The summed E-state index contributed by atoms with van der Waals surface area (Å²) in [5.41, 5.74) is 0. The summed E-state index contributed by atoms with van der Waals surface area (Å²) in [7, 11) is 1.33. The third-order valence-electron chi connectivity index (χ3n) is 4.06. The van der Waals surface area contributed by atoms with Crippen LogP contribution < -0.4 is 4.74 Å². The smallest absolute Gasteiger partial charge is 0.328 e. The SMILES string of the molecule is C#CCOc1cc(C(C(=O)N2CCCC2C(=O)OC)C(C)C)on1. The third kappa shape index (κ3) is 3.70. The van der Waals surface area contributed by atoms with Crippen LogP contribution in [0.3, 0.4) is 0 Å². The molecule has 2 unspecified atom stereocenters. The molecule has 0 N–H and O–H groups in total. The molecule has 7 nitrogen and oxygen atoms in total. The van der Waals surface area contributed by atoms with Crippen molar-refractivity contribution in [1.82, 2.24) is 10.1 Å². The Kier molecular flexibility index (Phi) is 5.85. The Morgan fingerprint density at radius 1 is 1.54 bits per heavy atom. The van der Waals surface area contributed by atoms with Gasteiger partial charge in [0, 0.05) is 12.6 Å². The van der Waals surface area contributed by atoms with Crippen molar-refractivity contribution in [2.75, 3.05) is 20.3 Å².